The molecule has 1 amide bonds. The third-order valence-corrected chi connectivity index (χ3v) is 2.68. The van der Waals surface area contributed by atoms with E-state index in [2.05, 4.69) is 29.1 Å². The number of ether oxygens (including phenoxy) is 1. The molecule has 2 rings (SSSR count). The van der Waals surface area contributed by atoms with Gasteiger partial charge in [0.15, 0.2) is 0 Å². The van der Waals surface area contributed by atoms with E-state index in [1.165, 1.54) is 0 Å². The zero-order valence-corrected chi connectivity index (χ0v) is 12.5. The SMILES string of the molecule is CC(C)c1cnc2ncc(NC(=O)OC(C)(C)C)n2c1. The van der Waals surface area contributed by atoms with Gasteiger partial charge in [0.1, 0.15) is 11.4 Å². The van der Waals surface area contributed by atoms with Gasteiger partial charge in [-0.05, 0) is 32.3 Å². The molecule has 0 spiro atoms. The highest BCUT2D eigenvalue weighted by Crippen LogP contribution is 2.17. The van der Waals surface area contributed by atoms with Crippen molar-refractivity contribution in [3.05, 3.63) is 24.2 Å². The quantitative estimate of drug-likeness (QED) is 0.914. The molecule has 6 nitrogen and oxygen atoms in total. The van der Waals surface area contributed by atoms with Gasteiger partial charge in [0.25, 0.3) is 0 Å². The van der Waals surface area contributed by atoms with Crippen LogP contribution < -0.4 is 5.32 Å². The molecule has 0 aliphatic carbocycles. The van der Waals surface area contributed by atoms with Crippen LogP contribution in [0.3, 0.4) is 0 Å². The molecule has 0 unspecified atom stereocenters. The lowest BCUT2D eigenvalue weighted by Crippen LogP contribution is -2.27. The summed E-state index contributed by atoms with van der Waals surface area (Å²) in [6.07, 6.45) is 4.78. The van der Waals surface area contributed by atoms with Gasteiger partial charge in [0, 0.05) is 12.4 Å². The van der Waals surface area contributed by atoms with Crippen molar-refractivity contribution in [1.29, 1.82) is 0 Å². The Morgan fingerprint density at radius 1 is 1.30 bits per heavy atom. The van der Waals surface area contributed by atoms with Crippen LogP contribution in [-0.2, 0) is 4.74 Å². The van der Waals surface area contributed by atoms with E-state index < -0.39 is 11.7 Å². The number of anilines is 1. The first-order chi connectivity index (χ1) is 9.26. The minimum Gasteiger partial charge on any atom is -0.444 e. The van der Waals surface area contributed by atoms with E-state index >= 15 is 0 Å². The number of nitrogens with one attached hydrogen (secondary N) is 1. The molecule has 0 aliphatic rings. The van der Waals surface area contributed by atoms with Crippen LogP contribution in [0.5, 0.6) is 0 Å². The molecule has 0 radical (unpaired) electrons. The number of rotatable bonds is 2. The van der Waals surface area contributed by atoms with Gasteiger partial charge in [0.05, 0.1) is 6.20 Å². The largest absolute Gasteiger partial charge is 0.444 e. The molecule has 2 heterocycles. The first-order valence-corrected chi connectivity index (χ1v) is 6.59. The lowest BCUT2D eigenvalue weighted by atomic mass is 10.1. The summed E-state index contributed by atoms with van der Waals surface area (Å²) in [4.78, 5) is 20.2. The van der Waals surface area contributed by atoms with Crippen LogP contribution in [0.4, 0.5) is 10.6 Å². The maximum atomic E-state index is 11.8. The summed E-state index contributed by atoms with van der Waals surface area (Å²) in [6.45, 7) is 9.62. The number of amides is 1. The summed E-state index contributed by atoms with van der Waals surface area (Å²) in [7, 11) is 0. The fourth-order valence-electron chi connectivity index (χ4n) is 1.69. The molecule has 0 atom stereocenters. The third kappa shape index (κ3) is 3.26. The van der Waals surface area contributed by atoms with Crippen LogP contribution in [-0.4, -0.2) is 26.1 Å². The smallest absolute Gasteiger partial charge is 0.413 e. The second-order valence-corrected chi connectivity index (χ2v) is 5.98. The van der Waals surface area contributed by atoms with E-state index in [1.807, 2.05) is 27.0 Å². The number of fused-ring (bicyclic) bond motifs is 1. The van der Waals surface area contributed by atoms with Crippen molar-refractivity contribution in [2.45, 2.75) is 46.1 Å². The summed E-state index contributed by atoms with van der Waals surface area (Å²) >= 11 is 0. The van der Waals surface area contributed by atoms with E-state index in [9.17, 15) is 4.79 Å². The molecule has 0 aromatic carbocycles. The fourth-order valence-corrected chi connectivity index (χ4v) is 1.69. The van der Waals surface area contributed by atoms with Gasteiger partial charge in [-0.3, -0.25) is 9.72 Å². The summed E-state index contributed by atoms with van der Waals surface area (Å²) in [5.74, 6) is 1.44. The highest BCUT2D eigenvalue weighted by Gasteiger charge is 2.17. The second-order valence-electron chi connectivity index (χ2n) is 5.98. The standard InChI is InChI=1S/C14H20N4O2/c1-9(2)10-6-15-12-16-7-11(18(12)8-10)17-13(19)20-14(3,4)5/h6-9H,1-5H3,(H,17,19). The molecule has 0 bridgehead atoms. The molecule has 0 saturated heterocycles. The molecule has 2 aromatic rings. The van der Waals surface area contributed by atoms with Gasteiger partial charge < -0.3 is 4.74 Å². The predicted molar refractivity (Wildman–Crippen MR) is 76.9 cm³/mol. The van der Waals surface area contributed by atoms with Gasteiger partial charge in [0.2, 0.25) is 5.78 Å². The summed E-state index contributed by atoms with van der Waals surface area (Å²) < 4.78 is 6.98. The normalized spacial score (nSPS) is 11.9. The Morgan fingerprint density at radius 3 is 2.55 bits per heavy atom. The van der Waals surface area contributed by atoms with Crippen molar-refractivity contribution in [3.63, 3.8) is 0 Å². The Labute approximate surface area is 118 Å². The van der Waals surface area contributed by atoms with Crippen LogP contribution >= 0.6 is 0 Å². The first kappa shape index (κ1) is 14.3. The Morgan fingerprint density at radius 2 is 1.95 bits per heavy atom. The second kappa shape index (κ2) is 5.11. The van der Waals surface area contributed by atoms with Gasteiger partial charge >= 0.3 is 6.09 Å². The van der Waals surface area contributed by atoms with Crippen LogP contribution in [0.1, 0.15) is 46.1 Å². The maximum Gasteiger partial charge on any atom is 0.413 e. The Hall–Kier alpha value is -2.11. The van der Waals surface area contributed by atoms with E-state index in [4.69, 9.17) is 4.74 Å². The Balaban J connectivity index is 2.26. The molecule has 0 aliphatic heterocycles. The zero-order valence-electron chi connectivity index (χ0n) is 12.5. The summed E-state index contributed by atoms with van der Waals surface area (Å²) in [5.41, 5.74) is 0.536. The van der Waals surface area contributed by atoms with Gasteiger partial charge in [-0.15, -0.1) is 0 Å². The number of carbonyl (C=O) groups excluding carboxylic acids is 1. The Kier molecular flexibility index (Phi) is 3.65. The van der Waals surface area contributed by atoms with Gasteiger partial charge in [-0.2, -0.15) is 0 Å². The third-order valence-electron chi connectivity index (χ3n) is 2.68. The zero-order chi connectivity index (χ0) is 14.9. The van der Waals surface area contributed by atoms with E-state index in [0.29, 0.717) is 17.5 Å². The predicted octanol–water partition coefficient (Wildman–Crippen LogP) is 3.20. The molecule has 1 N–H and O–H groups in total. The monoisotopic (exact) mass is 276 g/mol. The highest BCUT2D eigenvalue weighted by atomic mass is 16.6. The molecule has 0 fully saturated rings. The number of hydrogen-bond donors (Lipinski definition) is 1. The average molecular weight is 276 g/mol. The van der Waals surface area contributed by atoms with Gasteiger partial charge in [-0.1, -0.05) is 13.8 Å². The molecule has 0 saturated carbocycles. The lowest BCUT2D eigenvalue weighted by molar-refractivity contribution is 0.0635. The van der Waals surface area contributed by atoms with Crippen LogP contribution in [0, 0.1) is 0 Å². The molecule has 6 heteroatoms. The van der Waals surface area contributed by atoms with E-state index in [-0.39, 0.29) is 0 Å². The van der Waals surface area contributed by atoms with Crippen molar-refractivity contribution in [3.8, 4) is 0 Å². The van der Waals surface area contributed by atoms with Crippen molar-refractivity contribution in [2.24, 2.45) is 0 Å². The molecular weight excluding hydrogens is 256 g/mol. The van der Waals surface area contributed by atoms with Crippen LogP contribution in [0.2, 0.25) is 0 Å². The number of nitrogens with zero attached hydrogens (tertiary/aromatic N) is 3. The number of aromatic nitrogens is 3. The summed E-state index contributed by atoms with van der Waals surface area (Å²) in [5, 5.41) is 2.69. The van der Waals surface area contributed by atoms with Gasteiger partial charge in [-0.25, -0.2) is 14.8 Å². The Bertz CT molecular complexity index is 626. The molecular formula is C14H20N4O2. The van der Waals surface area contributed by atoms with E-state index in [1.54, 1.807) is 16.8 Å². The van der Waals surface area contributed by atoms with Crippen molar-refractivity contribution >= 4 is 17.7 Å². The van der Waals surface area contributed by atoms with Crippen molar-refractivity contribution in [2.75, 3.05) is 5.32 Å². The highest BCUT2D eigenvalue weighted by molar-refractivity contribution is 5.84. The minimum atomic E-state index is -0.536. The molecule has 20 heavy (non-hydrogen) atoms. The van der Waals surface area contributed by atoms with Crippen LogP contribution in [0.25, 0.3) is 5.78 Å². The molecule has 108 valence electrons. The van der Waals surface area contributed by atoms with Crippen molar-refractivity contribution in [1.82, 2.24) is 14.4 Å². The van der Waals surface area contributed by atoms with E-state index in [0.717, 1.165) is 5.56 Å². The molecule has 2 aromatic heterocycles. The van der Waals surface area contributed by atoms with Crippen LogP contribution in [0.15, 0.2) is 18.6 Å². The van der Waals surface area contributed by atoms with Crippen molar-refractivity contribution < 1.29 is 9.53 Å². The maximum absolute atomic E-state index is 11.8. The number of imidazole rings is 1. The topological polar surface area (TPSA) is 68.5 Å². The number of carbonyl (C=O) groups is 1. The minimum absolute atomic E-state index is 0.351. The number of hydrogen-bond acceptors (Lipinski definition) is 4. The fraction of sp³-hybridized carbons (Fsp3) is 0.500. The first-order valence-electron chi connectivity index (χ1n) is 6.59. The average Bonchev–Trinajstić information content (AvgIpc) is 2.69. The lowest BCUT2D eigenvalue weighted by Gasteiger charge is -2.19. The summed E-state index contributed by atoms with van der Waals surface area (Å²) in [6, 6.07) is 0.